The van der Waals surface area contributed by atoms with Crippen molar-refractivity contribution in [3.8, 4) is 0 Å². The van der Waals surface area contributed by atoms with Crippen LogP contribution >= 0.6 is 23.4 Å². The lowest BCUT2D eigenvalue weighted by atomic mass is 10.3. The van der Waals surface area contributed by atoms with Crippen molar-refractivity contribution in [2.24, 2.45) is 0 Å². The molecule has 9 heavy (non-hydrogen) atoms. The van der Waals surface area contributed by atoms with Gasteiger partial charge in [0, 0.05) is 0 Å². The first kappa shape index (κ1) is 9.11. The number of alkyl halides is 1. The number of carboxylic acids is 1. The van der Waals surface area contributed by atoms with Gasteiger partial charge >= 0.3 is 5.97 Å². The van der Waals surface area contributed by atoms with Gasteiger partial charge in [0.05, 0.1) is 0 Å². The fourth-order valence-electron chi connectivity index (χ4n) is 0.383. The molecule has 0 fully saturated rings. The normalized spacial score (nSPS) is 16.8. The SMILES string of the molecule is CCC(Cl)(SC)C(=O)O. The van der Waals surface area contributed by atoms with Crippen molar-refractivity contribution in [1.82, 2.24) is 0 Å². The van der Waals surface area contributed by atoms with Gasteiger partial charge in [0.25, 0.3) is 0 Å². The number of aliphatic carboxylic acids is 1. The molecule has 54 valence electrons. The summed E-state index contributed by atoms with van der Waals surface area (Å²) >= 11 is 6.75. The minimum atomic E-state index is -1.11. The maximum Gasteiger partial charge on any atom is 0.335 e. The van der Waals surface area contributed by atoms with Gasteiger partial charge in [-0.05, 0) is 12.7 Å². The van der Waals surface area contributed by atoms with Crippen molar-refractivity contribution in [2.75, 3.05) is 6.26 Å². The molecule has 0 radical (unpaired) electrons. The van der Waals surface area contributed by atoms with Crippen LogP contribution in [0.3, 0.4) is 0 Å². The van der Waals surface area contributed by atoms with E-state index in [1.165, 1.54) is 0 Å². The monoisotopic (exact) mass is 168 g/mol. The average molecular weight is 169 g/mol. The lowest BCUT2D eigenvalue weighted by Gasteiger charge is -2.15. The fourth-order valence-corrected chi connectivity index (χ4v) is 0.846. The first-order chi connectivity index (χ1) is 4.06. The fraction of sp³-hybridized carbons (Fsp3) is 0.800. The van der Waals surface area contributed by atoms with E-state index in [4.69, 9.17) is 16.7 Å². The first-order valence-electron chi connectivity index (χ1n) is 2.54. The molecule has 0 spiro atoms. The highest BCUT2D eigenvalue weighted by molar-refractivity contribution is 8.02. The van der Waals surface area contributed by atoms with Crippen LogP contribution in [0.25, 0.3) is 0 Å². The van der Waals surface area contributed by atoms with Gasteiger partial charge in [0.2, 0.25) is 0 Å². The van der Waals surface area contributed by atoms with Crippen molar-refractivity contribution in [1.29, 1.82) is 0 Å². The van der Waals surface area contributed by atoms with Crippen molar-refractivity contribution in [3.63, 3.8) is 0 Å². The molecule has 0 saturated carbocycles. The largest absolute Gasteiger partial charge is 0.479 e. The molecule has 0 aliphatic heterocycles. The molecule has 0 aliphatic rings. The van der Waals surface area contributed by atoms with Crippen LogP contribution in [0.4, 0.5) is 0 Å². The van der Waals surface area contributed by atoms with Crippen LogP contribution in [-0.4, -0.2) is 21.5 Å². The molecule has 1 atom stereocenters. The maximum atomic E-state index is 10.3. The molecule has 1 N–H and O–H groups in total. The van der Waals surface area contributed by atoms with E-state index in [9.17, 15) is 4.79 Å². The highest BCUT2D eigenvalue weighted by Crippen LogP contribution is 2.31. The van der Waals surface area contributed by atoms with Gasteiger partial charge in [-0.1, -0.05) is 18.5 Å². The summed E-state index contributed by atoms with van der Waals surface area (Å²) in [6, 6.07) is 0. The highest BCUT2D eigenvalue weighted by Gasteiger charge is 2.32. The molecule has 0 aliphatic carbocycles. The molecule has 4 heteroatoms. The Morgan fingerprint density at radius 1 is 1.89 bits per heavy atom. The first-order valence-corrected chi connectivity index (χ1v) is 4.14. The summed E-state index contributed by atoms with van der Waals surface area (Å²) in [6.45, 7) is 1.75. The number of halogens is 1. The van der Waals surface area contributed by atoms with E-state index in [0.717, 1.165) is 11.8 Å². The van der Waals surface area contributed by atoms with Gasteiger partial charge in [-0.25, -0.2) is 4.79 Å². The number of carboxylic acid groups (broad SMARTS) is 1. The Labute approximate surface area is 63.6 Å². The van der Waals surface area contributed by atoms with Crippen molar-refractivity contribution >= 4 is 29.3 Å². The Morgan fingerprint density at radius 2 is 2.33 bits per heavy atom. The van der Waals surface area contributed by atoms with Crippen LogP contribution in [0.1, 0.15) is 13.3 Å². The zero-order valence-corrected chi connectivity index (χ0v) is 6.92. The summed E-state index contributed by atoms with van der Waals surface area (Å²) < 4.78 is -1.11. The standard InChI is InChI=1S/C5H9ClO2S/c1-3-5(6,9-2)4(7)8/h3H2,1-2H3,(H,7,8). The van der Waals surface area contributed by atoms with Crippen LogP contribution < -0.4 is 0 Å². The molecule has 0 saturated heterocycles. The third-order valence-corrected chi connectivity index (χ3v) is 3.10. The van der Waals surface area contributed by atoms with Gasteiger partial charge in [0.15, 0.2) is 4.21 Å². The quantitative estimate of drug-likeness (QED) is 0.653. The molecular formula is C5H9ClO2S. The lowest BCUT2D eigenvalue weighted by molar-refractivity contribution is -0.137. The zero-order valence-electron chi connectivity index (χ0n) is 5.35. The number of thioether (sulfide) groups is 1. The Kier molecular flexibility index (Phi) is 3.36. The Hall–Kier alpha value is 0.110. The minimum absolute atomic E-state index is 0.436. The predicted octanol–water partition coefficient (Wildman–Crippen LogP) is 1.78. The number of carbonyl (C=O) groups is 1. The second-order valence-corrected chi connectivity index (χ2v) is 3.57. The topological polar surface area (TPSA) is 37.3 Å². The van der Waals surface area contributed by atoms with Crippen LogP contribution in [0.15, 0.2) is 0 Å². The molecule has 0 rings (SSSR count). The molecule has 0 aromatic carbocycles. The molecule has 0 heterocycles. The number of hydrogen-bond acceptors (Lipinski definition) is 2. The minimum Gasteiger partial charge on any atom is -0.479 e. The Bertz CT molecular complexity index is 112. The van der Waals surface area contributed by atoms with E-state index in [1.54, 1.807) is 13.2 Å². The number of rotatable bonds is 3. The van der Waals surface area contributed by atoms with Crippen LogP contribution in [0.2, 0.25) is 0 Å². The lowest BCUT2D eigenvalue weighted by Crippen LogP contribution is -2.26. The van der Waals surface area contributed by atoms with Crippen molar-refractivity contribution < 1.29 is 9.90 Å². The number of hydrogen-bond donors (Lipinski definition) is 1. The third-order valence-electron chi connectivity index (χ3n) is 1.10. The van der Waals surface area contributed by atoms with E-state index < -0.39 is 10.2 Å². The predicted molar refractivity (Wildman–Crippen MR) is 40.0 cm³/mol. The highest BCUT2D eigenvalue weighted by atomic mass is 35.5. The molecule has 0 bridgehead atoms. The van der Waals surface area contributed by atoms with Gasteiger partial charge in [0.1, 0.15) is 0 Å². The van der Waals surface area contributed by atoms with E-state index in [1.807, 2.05) is 0 Å². The third kappa shape index (κ3) is 2.06. The average Bonchev–Trinajstić information content (AvgIpc) is 1.86. The van der Waals surface area contributed by atoms with Gasteiger partial charge in [-0.2, -0.15) is 0 Å². The molecule has 2 nitrogen and oxygen atoms in total. The molecule has 0 aromatic rings. The second kappa shape index (κ2) is 3.32. The maximum absolute atomic E-state index is 10.3. The zero-order chi connectivity index (χ0) is 7.49. The van der Waals surface area contributed by atoms with E-state index in [0.29, 0.717) is 6.42 Å². The molecule has 0 aromatic heterocycles. The Balaban J connectivity index is 4.09. The summed E-state index contributed by atoms with van der Waals surface area (Å²) in [5.41, 5.74) is 0. The van der Waals surface area contributed by atoms with Crippen molar-refractivity contribution in [3.05, 3.63) is 0 Å². The van der Waals surface area contributed by atoms with Gasteiger partial charge in [-0.3, -0.25) is 0 Å². The summed E-state index contributed by atoms with van der Waals surface area (Å²) in [4.78, 5) is 10.3. The van der Waals surface area contributed by atoms with Crippen molar-refractivity contribution in [2.45, 2.75) is 17.6 Å². The molecule has 0 amide bonds. The van der Waals surface area contributed by atoms with Crippen LogP contribution in [-0.2, 0) is 4.79 Å². The summed E-state index contributed by atoms with van der Waals surface area (Å²) in [5, 5.41) is 8.48. The summed E-state index contributed by atoms with van der Waals surface area (Å²) in [7, 11) is 0. The van der Waals surface area contributed by atoms with Crippen LogP contribution in [0, 0.1) is 0 Å². The van der Waals surface area contributed by atoms with Gasteiger partial charge < -0.3 is 5.11 Å². The summed E-state index contributed by atoms with van der Waals surface area (Å²) in [5.74, 6) is -0.959. The summed E-state index contributed by atoms with van der Waals surface area (Å²) in [6.07, 6.45) is 2.12. The smallest absolute Gasteiger partial charge is 0.335 e. The van der Waals surface area contributed by atoms with Gasteiger partial charge in [-0.15, -0.1) is 11.8 Å². The van der Waals surface area contributed by atoms with E-state index in [-0.39, 0.29) is 0 Å². The Morgan fingerprint density at radius 3 is 2.33 bits per heavy atom. The van der Waals surface area contributed by atoms with E-state index in [2.05, 4.69) is 0 Å². The molecule has 1 unspecified atom stereocenters. The van der Waals surface area contributed by atoms with Crippen LogP contribution in [0.5, 0.6) is 0 Å². The molecular weight excluding hydrogens is 160 g/mol. The second-order valence-electron chi connectivity index (χ2n) is 1.59. The van der Waals surface area contributed by atoms with E-state index >= 15 is 0 Å².